The summed E-state index contributed by atoms with van der Waals surface area (Å²) in [6.45, 7) is 3.84. The van der Waals surface area contributed by atoms with Gasteiger partial charge in [-0.2, -0.15) is 0 Å². The first-order valence-corrected chi connectivity index (χ1v) is 6.70. The predicted octanol–water partition coefficient (Wildman–Crippen LogP) is 1.28. The van der Waals surface area contributed by atoms with Crippen LogP contribution in [0, 0.1) is 5.41 Å². The molecule has 5 nitrogen and oxygen atoms in total. The highest BCUT2D eigenvalue weighted by molar-refractivity contribution is 5.92. The summed E-state index contributed by atoms with van der Waals surface area (Å²) in [5, 5.41) is 7.21. The van der Waals surface area contributed by atoms with Crippen molar-refractivity contribution < 1.29 is 9.32 Å². The van der Waals surface area contributed by atoms with E-state index in [1.807, 2.05) is 4.90 Å². The predicted molar refractivity (Wildman–Crippen MR) is 66.2 cm³/mol. The van der Waals surface area contributed by atoms with Crippen LogP contribution < -0.4 is 5.32 Å². The van der Waals surface area contributed by atoms with E-state index in [1.165, 1.54) is 25.5 Å². The number of carbonyl (C=O) groups excluding carboxylic acids is 1. The number of hydrogen-bond donors (Lipinski definition) is 1. The highest BCUT2D eigenvalue weighted by Gasteiger charge is 2.38. The van der Waals surface area contributed by atoms with Crippen LogP contribution in [0.15, 0.2) is 16.9 Å². The van der Waals surface area contributed by atoms with Gasteiger partial charge in [-0.05, 0) is 32.2 Å². The minimum Gasteiger partial charge on any atom is -0.364 e. The lowest BCUT2D eigenvalue weighted by Gasteiger charge is -2.45. The zero-order valence-corrected chi connectivity index (χ0v) is 10.5. The van der Waals surface area contributed by atoms with Gasteiger partial charge in [-0.1, -0.05) is 5.16 Å². The van der Waals surface area contributed by atoms with E-state index in [9.17, 15) is 4.79 Å². The fourth-order valence-electron chi connectivity index (χ4n) is 3.24. The van der Waals surface area contributed by atoms with Crippen LogP contribution in [0.1, 0.15) is 36.2 Å². The van der Waals surface area contributed by atoms with Crippen molar-refractivity contribution in [1.82, 2.24) is 15.4 Å². The SMILES string of the molecule is O=C(c1ccon1)N1CCCC2(CCCNC2)C1. The first-order chi connectivity index (χ1) is 8.79. The molecule has 1 spiro atoms. The largest absolute Gasteiger partial charge is 0.364 e. The van der Waals surface area contributed by atoms with Crippen LogP contribution in [-0.4, -0.2) is 42.1 Å². The van der Waals surface area contributed by atoms with E-state index in [2.05, 4.69) is 10.5 Å². The maximum Gasteiger partial charge on any atom is 0.276 e. The third-order valence-electron chi connectivity index (χ3n) is 4.17. The number of piperidine rings is 2. The molecule has 1 N–H and O–H groups in total. The lowest BCUT2D eigenvalue weighted by molar-refractivity contribution is 0.0425. The van der Waals surface area contributed by atoms with E-state index in [0.29, 0.717) is 5.69 Å². The molecule has 1 unspecified atom stereocenters. The fraction of sp³-hybridized carbons (Fsp3) is 0.692. The van der Waals surface area contributed by atoms with Crippen LogP contribution in [-0.2, 0) is 0 Å². The molecule has 18 heavy (non-hydrogen) atoms. The first kappa shape index (κ1) is 11.7. The Morgan fingerprint density at radius 2 is 2.33 bits per heavy atom. The van der Waals surface area contributed by atoms with E-state index < -0.39 is 0 Å². The Bertz CT molecular complexity index is 404. The molecule has 0 bridgehead atoms. The summed E-state index contributed by atoms with van der Waals surface area (Å²) in [7, 11) is 0. The van der Waals surface area contributed by atoms with Gasteiger partial charge < -0.3 is 14.7 Å². The maximum absolute atomic E-state index is 12.3. The summed E-state index contributed by atoms with van der Waals surface area (Å²) in [6.07, 6.45) is 6.21. The number of rotatable bonds is 1. The second-order valence-corrected chi connectivity index (χ2v) is 5.50. The summed E-state index contributed by atoms with van der Waals surface area (Å²) < 4.78 is 4.75. The number of nitrogens with one attached hydrogen (secondary N) is 1. The summed E-state index contributed by atoms with van der Waals surface area (Å²) in [5.41, 5.74) is 0.714. The molecule has 3 heterocycles. The van der Waals surface area contributed by atoms with Crippen molar-refractivity contribution in [2.75, 3.05) is 26.2 Å². The Kier molecular flexibility index (Phi) is 3.07. The third-order valence-corrected chi connectivity index (χ3v) is 4.17. The number of aromatic nitrogens is 1. The minimum absolute atomic E-state index is 0.00778. The highest BCUT2D eigenvalue weighted by Crippen LogP contribution is 2.36. The average Bonchev–Trinajstić information content (AvgIpc) is 2.93. The van der Waals surface area contributed by atoms with Gasteiger partial charge in [0.15, 0.2) is 5.69 Å². The number of carbonyl (C=O) groups is 1. The van der Waals surface area contributed by atoms with Gasteiger partial charge in [0.25, 0.3) is 5.91 Å². The third kappa shape index (κ3) is 2.14. The highest BCUT2D eigenvalue weighted by atomic mass is 16.5. The Labute approximate surface area is 107 Å². The number of hydrogen-bond acceptors (Lipinski definition) is 4. The smallest absolute Gasteiger partial charge is 0.276 e. The maximum atomic E-state index is 12.3. The molecular weight excluding hydrogens is 230 g/mol. The van der Waals surface area contributed by atoms with Crippen molar-refractivity contribution >= 4 is 5.91 Å². The van der Waals surface area contributed by atoms with Gasteiger partial charge in [0.1, 0.15) is 6.26 Å². The van der Waals surface area contributed by atoms with Gasteiger partial charge >= 0.3 is 0 Å². The van der Waals surface area contributed by atoms with Gasteiger partial charge in [0.2, 0.25) is 0 Å². The van der Waals surface area contributed by atoms with E-state index >= 15 is 0 Å². The second-order valence-electron chi connectivity index (χ2n) is 5.50. The number of likely N-dealkylation sites (tertiary alicyclic amines) is 1. The molecule has 2 saturated heterocycles. The van der Waals surface area contributed by atoms with Crippen LogP contribution in [0.25, 0.3) is 0 Å². The Morgan fingerprint density at radius 1 is 1.44 bits per heavy atom. The lowest BCUT2D eigenvalue weighted by Crippen LogP contribution is -2.52. The van der Waals surface area contributed by atoms with Crippen LogP contribution in [0.3, 0.4) is 0 Å². The monoisotopic (exact) mass is 249 g/mol. The van der Waals surface area contributed by atoms with Crippen LogP contribution >= 0.6 is 0 Å². The average molecular weight is 249 g/mol. The van der Waals surface area contributed by atoms with E-state index in [1.54, 1.807) is 6.07 Å². The summed E-state index contributed by atoms with van der Waals surface area (Å²) in [6, 6.07) is 1.64. The van der Waals surface area contributed by atoms with Crippen molar-refractivity contribution in [1.29, 1.82) is 0 Å². The van der Waals surface area contributed by atoms with Crippen LogP contribution in [0.4, 0.5) is 0 Å². The Balaban J connectivity index is 1.72. The topological polar surface area (TPSA) is 58.4 Å². The van der Waals surface area contributed by atoms with Crippen molar-refractivity contribution in [3.05, 3.63) is 18.0 Å². The lowest BCUT2D eigenvalue weighted by atomic mass is 9.74. The minimum atomic E-state index is 0.00778. The molecule has 2 aliphatic rings. The van der Waals surface area contributed by atoms with Crippen molar-refractivity contribution in [2.45, 2.75) is 25.7 Å². The molecule has 1 aromatic heterocycles. The molecule has 2 aliphatic heterocycles. The van der Waals surface area contributed by atoms with Crippen LogP contribution in [0.5, 0.6) is 0 Å². The molecular formula is C13H19N3O2. The van der Waals surface area contributed by atoms with Crippen LogP contribution in [0.2, 0.25) is 0 Å². The molecule has 1 atom stereocenters. The van der Waals surface area contributed by atoms with Crippen molar-refractivity contribution in [3.8, 4) is 0 Å². The van der Waals surface area contributed by atoms with E-state index in [-0.39, 0.29) is 11.3 Å². The Morgan fingerprint density at radius 3 is 3.06 bits per heavy atom. The normalized spacial score (nSPS) is 28.6. The molecule has 0 saturated carbocycles. The second kappa shape index (κ2) is 4.72. The molecule has 5 heteroatoms. The first-order valence-electron chi connectivity index (χ1n) is 6.70. The van der Waals surface area contributed by atoms with E-state index in [0.717, 1.165) is 32.6 Å². The molecule has 2 fully saturated rings. The summed E-state index contributed by atoms with van der Waals surface area (Å²) in [4.78, 5) is 14.2. The van der Waals surface area contributed by atoms with Gasteiger partial charge in [-0.3, -0.25) is 4.79 Å². The number of amides is 1. The molecule has 0 radical (unpaired) electrons. The van der Waals surface area contributed by atoms with Crippen molar-refractivity contribution in [2.24, 2.45) is 5.41 Å². The number of nitrogens with zero attached hydrogens (tertiary/aromatic N) is 2. The van der Waals surface area contributed by atoms with Gasteiger partial charge in [0.05, 0.1) is 0 Å². The summed E-state index contributed by atoms with van der Waals surface area (Å²) >= 11 is 0. The molecule has 0 aliphatic carbocycles. The van der Waals surface area contributed by atoms with Gasteiger partial charge in [0, 0.05) is 31.1 Å². The zero-order valence-electron chi connectivity index (χ0n) is 10.5. The molecule has 0 aromatic carbocycles. The Hall–Kier alpha value is -1.36. The standard InChI is InChI=1S/C13H19N3O2/c17-12(11-3-8-18-15-11)16-7-2-5-13(10-16)4-1-6-14-9-13/h3,8,14H,1-2,4-7,9-10H2. The van der Waals surface area contributed by atoms with Crippen molar-refractivity contribution in [3.63, 3.8) is 0 Å². The van der Waals surface area contributed by atoms with Gasteiger partial charge in [-0.15, -0.1) is 0 Å². The molecule has 98 valence electrons. The zero-order chi connectivity index (χ0) is 12.4. The summed E-state index contributed by atoms with van der Waals surface area (Å²) in [5.74, 6) is 0.00778. The fourth-order valence-corrected chi connectivity index (χ4v) is 3.24. The van der Waals surface area contributed by atoms with Gasteiger partial charge in [-0.25, -0.2) is 0 Å². The molecule has 1 aromatic rings. The molecule has 1 amide bonds. The molecule has 3 rings (SSSR count). The quantitative estimate of drug-likeness (QED) is 0.814. The van der Waals surface area contributed by atoms with E-state index in [4.69, 9.17) is 4.52 Å².